The van der Waals surface area contributed by atoms with Gasteiger partial charge in [-0.05, 0) is 6.54 Å². The van der Waals surface area contributed by atoms with Crippen LogP contribution in [0.25, 0.3) is 0 Å². The summed E-state index contributed by atoms with van der Waals surface area (Å²) in [6.45, 7) is 2.39. The second-order valence-corrected chi connectivity index (χ2v) is 2.01. The first-order valence-corrected chi connectivity index (χ1v) is 3.32. The monoisotopic (exact) mass is 153 g/mol. The van der Waals surface area contributed by atoms with E-state index in [2.05, 4.69) is 0 Å². The van der Waals surface area contributed by atoms with Crippen molar-refractivity contribution < 1.29 is 13.9 Å². The Morgan fingerprint density at radius 3 is 2.40 bits per heavy atom. The van der Waals surface area contributed by atoms with E-state index in [1.54, 1.807) is 6.92 Å². The Morgan fingerprint density at radius 2 is 2.10 bits per heavy atom. The molecule has 0 saturated carbocycles. The van der Waals surface area contributed by atoms with Crippen molar-refractivity contribution >= 4 is 0 Å². The number of likely N-dealkylation sites (N-methyl/N-ethyl adjacent to an activating group) is 1. The summed E-state index contributed by atoms with van der Waals surface area (Å²) in [6.07, 6.45) is -2.30. The van der Waals surface area contributed by atoms with Gasteiger partial charge in [-0.1, -0.05) is 6.92 Å². The molecule has 0 bridgehead atoms. The van der Waals surface area contributed by atoms with E-state index in [0.717, 1.165) is 0 Å². The van der Waals surface area contributed by atoms with Crippen LogP contribution < -0.4 is 0 Å². The van der Waals surface area contributed by atoms with Crippen molar-refractivity contribution in [2.75, 3.05) is 26.2 Å². The molecule has 0 fully saturated rings. The van der Waals surface area contributed by atoms with Gasteiger partial charge in [0, 0.05) is 6.54 Å². The van der Waals surface area contributed by atoms with Crippen molar-refractivity contribution in [1.82, 2.24) is 4.90 Å². The summed E-state index contributed by atoms with van der Waals surface area (Å²) in [5.41, 5.74) is 0. The average molecular weight is 153 g/mol. The molecule has 0 saturated heterocycles. The third-order valence-electron chi connectivity index (χ3n) is 1.26. The molecule has 0 amide bonds. The minimum absolute atomic E-state index is 0.0550. The van der Waals surface area contributed by atoms with Crippen LogP contribution in [0.4, 0.5) is 8.78 Å². The van der Waals surface area contributed by atoms with E-state index in [9.17, 15) is 8.78 Å². The molecule has 2 nitrogen and oxygen atoms in total. The highest BCUT2D eigenvalue weighted by Gasteiger charge is 2.08. The van der Waals surface area contributed by atoms with Gasteiger partial charge in [0.2, 0.25) is 0 Å². The topological polar surface area (TPSA) is 23.5 Å². The minimum Gasteiger partial charge on any atom is -0.395 e. The van der Waals surface area contributed by atoms with Gasteiger partial charge < -0.3 is 5.11 Å². The smallest absolute Gasteiger partial charge is 0.251 e. The summed E-state index contributed by atoms with van der Waals surface area (Å²) in [5.74, 6) is 0. The van der Waals surface area contributed by atoms with E-state index in [1.807, 2.05) is 0 Å². The Morgan fingerprint density at radius 1 is 1.50 bits per heavy atom. The Labute approximate surface area is 59.4 Å². The van der Waals surface area contributed by atoms with Gasteiger partial charge in [0.15, 0.2) is 0 Å². The van der Waals surface area contributed by atoms with E-state index < -0.39 is 6.43 Å². The number of alkyl halides is 2. The molecular formula is C6H13F2NO. The van der Waals surface area contributed by atoms with Gasteiger partial charge in [-0.2, -0.15) is 0 Å². The summed E-state index contributed by atoms with van der Waals surface area (Å²) in [4.78, 5) is 1.50. The third kappa shape index (κ3) is 4.64. The summed E-state index contributed by atoms with van der Waals surface area (Å²) in [6, 6.07) is 0. The maximum absolute atomic E-state index is 11.7. The summed E-state index contributed by atoms with van der Waals surface area (Å²) in [5, 5.41) is 8.39. The van der Waals surface area contributed by atoms with Gasteiger partial charge in [-0.25, -0.2) is 8.78 Å². The molecule has 0 atom stereocenters. The molecule has 0 radical (unpaired) electrons. The van der Waals surface area contributed by atoms with Crippen LogP contribution in [0.15, 0.2) is 0 Å². The summed E-state index contributed by atoms with van der Waals surface area (Å²) < 4.78 is 23.3. The second-order valence-electron chi connectivity index (χ2n) is 2.01. The zero-order valence-electron chi connectivity index (χ0n) is 6.06. The molecule has 0 unspecified atom stereocenters. The lowest BCUT2D eigenvalue weighted by atomic mass is 10.5. The number of halogens is 2. The maximum atomic E-state index is 11.7. The van der Waals surface area contributed by atoms with Gasteiger partial charge >= 0.3 is 0 Å². The molecule has 0 rings (SSSR count). The van der Waals surface area contributed by atoms with Crippen LogP contribution >= 0.6 is 0 Å². The van der Waals surface area contributed by atoms with Crippen LogP contribution in [0.2, 0.25) is 0 Å². The van der Waals surface area contributed by atoms with Crippen molar-refractivity contribution in [1.29, 1.82) is 0 Å². The van der Waals surface area contributed by atoms with E-state index >= 15 is 0 Å². The first kappa shape index (κ1) is 9.78. The Hall–Kier alpha value is -0.220. The molecule has 4 heteroatoms. The van der Waals surface area contributed by atoms with Crippen LogP contribution in [-0.4, -0.2) is 42.7 Å². The van der Waals surface area contributed by atoms with Crippen molar-refractivity contribution in [3.8, 4) is 0 Å². The second kappa shape index (κ2) is 5.56. The Bertz CT molecular complexity index is 80.1. The fraction of sp³-hybridized carbons (Fsp3) is 1.00. The lowest BCUT2D eigenvalue weighted by Crippen LogP contribution is -2.31. The van der Waals surface area contributed by atoms with E-state index in [-0.39, 0.29) is 13.2 Å². The van der Waals surface area contributed by atoms with E-state index in [0.29, 0.717) is 13.1 Å². The fourth-order valence-electron chi connectivity index (χ4n) is 0.715. The lowest BCUT2D eigenvalue weighted by Gasteiger charge is -2.17. The Balaban J connectivity index is 3.39. The highest BCUT2D eigenvalue weighted by molar-refractivity contribution is 4.54. The minimum atomic E-state index is -2.30. The first-order valence-electron chi connectivity index (χ1n) is 3.32. The molecule has 0 aliphatic rings. The molecule has 1 N–H and O–H groups in total. The van der Waals surface area contributed by atoms with Crippen molar-refractivity contribution in [3.63, 3.8) is 0 Å². The third-order valence-corrected chi connectivity index (χ3v) is 1.26. The van der Waals surface area contributed by atoms with Gasteiger partial charge in [0.05, 0.1) is 13.2 Å². The first-order chi connectivity index (χ1) is 4.70. The highest BCUT2D eigenvalue weighted by atomic mass is 19.3. The van der Waals surface area contributed by atoms with Gasteiger partial charge in [0.1, 0.15) is 0 Å². The van der Waals surface area contributed by atoms with Crippen molar-refractivity contribution in [3.05, 3.63) is 0 Å². The molecule has 0 aliphatic heterocycles. The Kier molecular flexibility index (Phi) is 5.43. The van der Waals surface area contributed by atoms with Gasteiger partial charge in [-0.3, -0.25) is 4.90 Å². The van der Waals surface area contributed by atoms with Crippen LogP contribution in [0.5, 0.6) is 0 Å². The largest absolute Gasteiger partial charge is 0.395 e. The van der Waals surface area contributed by atoms with Gasteiger partial charge in [-0.15, -0.1) is 0 Å². The maximum Gasteiger partial charge on any atom is 0.251 e. The number of nitrogens with zero attached hydrogens (tertiary/aromatic N) is 1. The lowest BCUT2D eigenvalue weighted by molar-refractivity contribution is 0.0812. The van der Waals surface area contributed by atoms with Gasteiger partial charge in [0.25, 0.3) is 6.43 Å². The number of aliphatic hydroxyl groups excluding tert-OH is 1. The van der Waals surface area contributed by atoms with E-state index in [1.165, 1.54) is 4.90 Å². The standard InChI is InChI=1S/C6H13F2NO/c1-2-9(3-4-10)5-6(7)8/h6,10H,2-5H2,1H3. The molecule has 0 aromatic carbocycles. The molecule has 0 spiro atoms. The van der Waals surface area contributed by atoms with Crippen LogP contribution in [-0.2, 0) is 0 Å². The predicted molar refractivity (Wildman–Crippen MR) is 35.2 cm³/mol. The van der Waals surface area contributed by atoms with Crippen LogP contribution in [0.3, 0.4) is 0 Å². The SMILES string of the molecule is CCN(CCO)CC(F)F. The molecule has 0 aromatic rings. The molecule has 0 heterocycles. The molecule has 0 aromatic heterocycles. The molecule has 62 valence electrons. The quantitative estimate of drug-likeness (QED) is 0.624. The highest BCUT2D eigenvalue weighted by Crippen LogP contribution is 1.96. The zero-order valence-corrected chi connectivity index (χ0v) is 6.06. The van der Waals surface area contributed by atoms with E-state index in [4.69, 9.17) is 5.11 Å². The number of hydrogen-bond donors (Lipinski definition) is 1. The molecule has 10 heavy (non-hydrogen) atoms. The van der Waals surface area contributed by atoms with Crippen LogP contribution in [0, 0.1) is 0 Å². The molecular weight excluding hydrogens is 140 g/mol. The average Bonchev–Trinajstić information content (AvgIpc) is 1.86. The predicted octanol–water partition coefficient (Wildman–Crippen LogP) is 0.566. The molecule has 0 aliphatic carbocycles. The normalized spacial score (nSPS) is 11.4. The zero-order chi connectivity index (χ0) is 7.98. The van der Waals surface area contributed by atoms with Crippen LogP contribution in [0.1, 0.15) is 6.92 Å². The summed E-state index contributed by atoms with van der Waals surface area (Å²) in [7, 11) is 0. The van der Waals surface area contributed by atoms with Crippen molar-refractivity contribution in [2.24, 2.45) is 0 Å². The summed E-state index contributed by atoms with van der Waals surface area (Å²) >= 11 is 0. The number of aliphatic hydroxyl groups is 1. The number of hydrogen-bond acceptors (Lipinski definition) is 2. The fourth-order valence-corrected chi connectivity index (χ4v) is 0.715. The number of rotatable bonds is 5. The van der Waals surface area contributed by atoms with Crippen molar-refractivity contribution in [2.45, 2.75) is 13.3 Å².